The Morgan fingerprint density at radius 1 is 0.696 bits per heavy atom. The van der Waals surface area contributed by atoms with Crippen LogP contribution in [0.4, 0.5) is 28.4 Å². The van der Waals surface area contributed by atoms with Crippen LogP contribution in [0.2, 0.25) is 0 Å². The molecule has 3 aromatic rings. The van der Waals surface area contributed by atoms with Gasteiger partial charge in [0, 0.05) is 22.7 Å². The van der Waals surface area contributed by atoms with Crippen LogP contribution >= 0.6 is 0 Å². The Kier molecular flexibility index (Phi) is 4.34. The molecule has 3 rings (SSSR count). The third kappa shape index (κ3) is 3.74. The summed E-state index contributed by atoms with van der Waals surface area (Å²) in [5.41, 5.74) is 10.4. The number of methoxy groups -OCH3 is 1. The van der Waals surface area contributed by atoms with Gasteiger partial charge in [0.05, 0.1) is 12.8 Å². The van der Waals surface area contributed by atoms with E-state index in [1.165, 1.54) is 0 Å². The van der Waals surface area contributed by atoms with Gasteiger partial charge in [0.2, 0.25) is 0 Å². The lowest BCUT2D eigenvalue weighted by atomic mass is 10.2. The topological polar surface area (TPSA) is 59.3 Å². The van der Waals surface area contributed by atoms with Gasteiger partial charge in [-0.25, -0.2) is 0 Å². The molecule has 0 bridgehead atoms. The van der Waals surface area contributed by atoms with Gasteiger partial charge in [-0.3, -0.25) is 0 Å². The second-order valence-corrected chi connectivity index (χ2v) is 5.15. The van der Waals surface area contributed by atoms with Crippen molar-refractivity contribution in [2.45, 2.75) is 0 Å². The molecule has 3 aromatic carbocycles. The van der Waals surface area contributed by atoms with Crippen LogP contribution in [0.15, 0.2) is 72.8 Å². The van der Waals surface area contributed by atoms with E-state index >= 15 is 0 Å². The zero-order valence-corrected chi connectivity index (χ0v) is 12.9. The van der Waals surface area contributed by atoms with E-state index in [9.17, 15) is 0 Å². The van der Waals surface area contributed by atoms with E-state index < -0.39 is 0 Å². The molecule has 0 aliphatic carbocycles. The van der Waals surface area contributed by atoms with E-state index in [1.54, 1.807) is 7.11 Å². The Balaban J connectivity index is 1.70. The summed E-state index contributed by atoms with van der Waals surface area (Å²) < 4.78 is 5.34. The zero-order chi connectivity index (χ0) is 16.1. The first kappa shape index (κ1) is 14.8. The fourth-order valence-corrected chi connectivity index (χ4v) is 2.27. The molecule has 0 radical (unpaired) electrons. The van der Waals surface area contributed by atoms with Crippen LogP contribution in [-0.4, -0.2) is 7.11 Å². The Hall–Kier alpha value is -3.14. The van der Waals surface area contributed by atoms with Crippen molar-refractivity contribution in [3.63, 3.8) is 0 Å². The van der Waals surface area contributed by atoms with Crippen molar-refractivity contribution >= 4 is 28.4 Å². The van der Waals surface area contributed by atoms with E-state index in [0.717, 1.165) is 34.2 Å². The number of nitrogen functional groups attached to an aromatic ring is 1. The van der Waals surface area contributed by atoms with Crippen LogP contribution in [0.25, 0.3) is 0 Å². The van der Waals surface area contributed by atoms with Crippen molar-refractivity contribution in [1.82, 2.24) is 0 Å². The maximum Gasteiger partial charge on any atom is 0.142 e. The van der Waals surface area contributed by atoms with Crippen LogP contribution in [0.5, 0.6) is 5.75 Å². The van der Waals surface area contributed by atoms with Crippen molar-refractivity contribution in [1.29, 1.82) is 0 Å². The summed E-state index contributed by atoms with van der Waals surface area (Å²) in [4.78, 5) is 0. The molecule has 4 heteroatoms. The second kappa shape index (κ2) is 6.75. The monoisotopic (exact) mass is 305 g/mol. The Morgan fingerprint density at radius 3 is 1.83 bits per heavy atom. The number of ether oxygens (including phenoxy) is 1. The molecule has 23 heavy (non-hydrogen) atoms. The van der Waals surface area contributed by atoms with Gasteiger partial charge in [0.15, 0.2) is 0 Å². The molecule has 0 aliphatic heterocycles. The van der Waals surface area contributed by atoms with Crippen molar-refractivity contribution in [3.8, 4) is 5.75 Å². The van der Waals surface area contributed by atoms with Gasteiger partial charge in [-0.15, -0.1) is 0 Å². The lowest BCUT2D eigenvalue weighted by Gasteiger charge is -2.12. The van der Waals surface area contributed by atoms with Gasteiger partial charge in [-0.05, 0) is 60.7 Å². The van der Waals surface area contributed by atoms with Gasteiger partial charge in [0.25, 0.3) is 0 Å². The molecule has 0 saturated heterocycles. The van der Waals surface area contributed by atoms with Crippen molar-refractivity contribution in [2.24, 2.45) is 0 Å². The van der Waals surface area contributed by atoms with E-state index in [-0.39, 0.29) is 0 Å². The minimum atomic E-state index is 0.756. The number of benzene rings is 3. The molecule has 0 heterocycles. The highest BCUT2D eigenvalue weighted by atomic mass is 16.5. The largest absolute Gasteiger partial charge is 0.495 e. The number of hydrogen-bond acceptors (Lipinski definition) is 4. The Morgan fingerprint density at radius 2 is 1.22 bits per heavy atom. The number of hydrogen-bond donors (Lipinski definition) is 3. The second-order valence-electron chi connectivity index (χ2n) is 5.15. The Bertz CT molecular complexity index is 767. The summed E-state index contributed by atoms with van der Waals surface area (Å²) >= 11 is 0. The van der Waals surface area contributed by atoms with Gasteiger partial charge in [-0.1, -0.05) is 12.1 Å². The van der Waals surface area contributed by atoms with E-state index in [0.29, 0.717) is 0 Å². The average molecular weight is 305 g/mol. The first-order valence-corrected chi connectivity index (χ1v) is 7.37. The zero-order valence-electron chi connectivity index (χ0n) is 12.9. The summed E-state index contributed by atoms with van der Waals surface area (Å²) in [7, 11) is 1.67. The highest BCUT2D eigenvalue weighted by Crippen LogP contribution is 2.28. The average Bonchev–Trinajstić information content (AvgIpc) is 2.59. The quantitative estimate of drug-likeness (QED) is 0.595. The van der Waals surface area contributed by atoms with Crippen LogP contribution in [0.3, 0.4) is 0 Å². The van der Waals surface area contributed by atoms with Gasteiger partial charge < -0.3 is 21.1 Å². The standard InChI is InChI=1S/C19H19N3O/c1-23-19-5-3-2-4-18(19)22-17-12-10-16(11-13-17)21-15-8-6-14(20)7-9-15/h2-13,21-22H,20H2,1H3. The molecule has 0 unspecified atom stereocenters. The Labute approximate surface area is 135 Å². The number of nitrogens with one attached hydrogen (secondary N) is 2. The van der Waals surface area contributed by atoms with Gasteiger partial charge in [-0.2, -0.15) is 0 Å². The molecular formula is C19H19N3O. The number of nitrogens with two attached hydrogens (primary N) is 1. The lowest BCUT2D eigenvalue weighted by molar-refractivity contribution is 0.417. The number of rotatable bonds is 5. The predicted molar refractivity (Wildman–Crippen MR) is 96.9 cm³/mol. The van der Waals surface area contributed by atoms with Crippen LogP contribution in [0.1, 0.15) is 0 Å². The number of anilines is 5. The molecule has 116 valence electrons. The molecule has 0 aromatic heterocycles. The van der Waals surface area contributed by atoms with E-state index in [4.69, 9.17) is 10.5 Å². The SMILES string of the molecule is COc1ccccc1Nc1ccc(Nc2ccc(N)cc2)cc1. The van der Waals surface area contributed by atoms with Gasteiger partial charge in [0.1, 0.15) is 5.75 Å². The fraction of sp³-hybridized carbons (Fsp3) is 0.0526. The van der Waals surface area contributed by atoms with Crippen molar-refractivity contribution in [2.75, 3.05) is 23.5 Å². The normalized spacial score (nSPS) is 10.1. The molecule has 0 saturated carbocycles. The summed E-state index contributed by atoms with van der Waals surface area (Å²) in [5.74, 6) is 0.816. The van der Waals surface area contributed by atoms with Gasteiger partial charge >= 0.3 is 0 Å². The smallest absolute Gasteiger partial charge is 0.142 e. The molecular weight excluding hydrogens is 286 g/mol. The molecule has 0 fully saturated rings. The highest BCUT2D eigenvalue weighted by Gasteiger charge is 2.02. The first-order chi connectivity index (χ1) is 11.2. The van der Waals surface area contributed by atoms with Crippen LogP contribution in [0, 0.1) is 0 Å². The maximum atomic E-state index is 5.69. The molecule has 0 atom stereocenters. The third-order valence-corrected chi connectivity index (χ3v) is 3.47. The lowest BCUT2D eigenvalue weighted by Crippen LogP contribution is -1.95. The van der Waals surface area contributed by atoms with Crippen LogP contribution < -0.4 is 21.1 Å². The highest BCUT2D eigenvalue weighted by molar-refractivity contribution is 5.69. The summed E-state index contributed by atoms with van der Waals surface area (Å²) in [6, 6.07) is 23.6. The molecule has 0 aliphatic rings. The van der Waals surface area contributed by atoms with E-state index in [1.807, 2.05) is 72.8 Å². The van der Waals surface area contributed by atoms with E-state index in [2.05, 4.69) is 10.6 Å². The fourth-order valence-electron chi connectivity index (χ4n) is 2.27. The molecule has 0 spiro atoms. The minimum Gasteiger partial charge on any atom is -0.495 e. The minimum absolute atomic E-state index is 0.756. The predicted octanol–water partition coefficient (Wildman–Crippen LogP) is 4.76. The maximum absolute atomic E-state index is 5.69. The molecule has 0 amide bonds. The molecule has 4 N–H and O–H groups in total. The summed E-state index contributed by atoms with van der Waals surface area (Å²) in [6.07, 6.45) is 0. The first-order valence-electron chi connectivity index (χ1n) is 7.37. The summed E-state index contributed by atoms with van der Waals surface area (Å²) in [5, 5.41) is 6.69. The molecule has 4 nitrogen and oxygen atoms in total. The number of para-hydroxylation sites is 2. The summed E-state index contributed by atoms with van der Waals surface area (Å²) in [6.45, 7) is 0. The van der Waals surface area contributed by atoms with Crippen LogP contribution in [-0.2, 0) is 0 Å². The van der Waals surface area contributed by atoms with Crippen molar-refractivity contribution in [3.05, 3.63) is 72.8 Å². The third-order valence-electron chi connectivity index (χ3n) is 3.47. The van der Waals surface area contributed by atoms with Crippen molar-refractivity contribution < 1.29 is 4.74 Å².